The van der Waals surface area contributed by atoms with Crippen molar-refractivity contribution < 1.29 is 24.2 Å². The van der Waals surface area contributed by atoms with Crippen molar-refractivity contribution in [1.82, 2.24) is 0 Å². The van der Waals surface area contributed by atoms with Gasteiger partial charge in [-0.15, -0.1) is 0 Å². The van der Waals surface area contributed by atoms with Gasteiger partial charge in [0.1, 0.15) is 0 Å². The lowest BCUT2D eigenvalue weighted by Gasteiger charge is -2.10. The van der Waals surface area contributed by atoms with E-state index in [1.165, 1.54) is 19.2 Å². The first-order valence-corrected chi connectivity index (χ1v) is 8.64. The van der Waals surface area contributed by atoms with Gasteiger partial charge in [-0.25, -0.2) is 9.59 Å². The van der Waals surface area contributed by atoms with E-state index in [0.29, 0.717) is 28.3 Å². The number of carboxylic acid groups (broad SMARTS) is 1. The van der Waals surface area contributed by atoms with Gasteiger partial charge in [-0.1, -0.05) is 24.3 Å². The van der Waals surface area contributed by atoms with E-state index in [1.807, 2.05) is 6.07 Å². The number of ether oxygens (including phenoxy) is 2. The minimum Gasteiger partial charge on any atom is -0.493 e. The summed E-state index contributed by atoms with van der Waals surface area (Å²) in [4.78, 5) is 23.2. The summed E-state index contributed by atoms with van der Waals surface area (Å²) < 4.78 is 10.7. The number of carbonyl (C=O) groups is 2. The molecule has 3 rings (SSSR count). The van der Waals surface area contributed by atoms with Crippen molar-refractivity contribution in [2.75, 3.05) is 12.5 Å². The first-order chi connectivity index (χ1) is 14.1. The number of aromatic carboxylic acids is 1. The topological polar surface area (TPSA) is 97.2 Å². The average molecular weight is 390 g/mol. The van der Waals surface area contributed by atoms with Gasteiger partial charge in [0.05, 0.1) is 30.1 Å². The van der Waals surface area contributed by atoms with Crippen LogP contribution in [-0.2, 0) is 0 Å². The maximum atomic E-state index is 12.2. The minimum atomic E-state index is -1.01. The molecule has 0 amide bonds. The number of hydrogen-bond donors (Lipinski definition) is 2. The maximum Gasteiger partial charge on any atom is 0.343 e. The van der Waals surface area contributed by atoms with E-state index in [-0.39, 0.29) is 5.56 Å². The minimum absolute atomic E-state index is 0.163. The Bertz CT molecular complexity index is 1050. The normalized spacial score (nSPS) is 10.5. The largest absolute Gasteiger partial charge is 0.493 e. The Morgan fingerprint density at radius 3 is 2.41 bits per heavy atom. The van der Waals surface area contributed by atoms with Crippen molar-refractivity contribution in [2.24, 2.45) is 5.10 Å². The molecule has 0 aliphatic carbocycles. The molecule has 0 heterocycles. The zero-order chi connectivity index (χ0) is 20.6. The monoisotopic (exact) mass is 390 g/mol. The van der Waals surface area contributed by atoms with Gasteiger partial charge >= 0.3 is 11.9 Å². The maximum absolute atomic E-state index is 12.2. The lowest BCUT2D eigenvalue weighted by atomic mass is 10.2. The molecule has 3 aromatic carbocycles. The molecular weight excluding hydrogens is 372 g/mol. The summed E-state index contributed by atoms with van der Waals surface area (Å²) in [5.41, 5.74) is 4.62. The Labute approximate surface area is 167 Å². The second kappa shape index (κ2) is 9.18. The highest BCUT2D eigenvalue weighted by Crippen LogP contribution is 2.28. The van der Waals surface area contributed by atoms with Crippen LogP contribution in [0.4, 0.5) is 5.69 Å². The van der Waals surface area contributed by atoms with E-state index in [1.54, 1.807) is 60.8 Å². The van der Waals surface area contributed by atoms with Gasteiger partial charge in [0.25, 0.3) is 0 Å². The molecular formula is C22H18N2O5. The Kier molecular flexibility index (Phi) is 6.22. The number of rotatable bonds is 7. The van der Waals surface area contributed by atoms with Crippen LogP contribution in [0.25, 0.3) is 0 Å². The predicted molar refractivity (Wildman–Crippen MR) is 109 cm³/mol. The second-order valence-corrected chi connectivity index (χ2v) is 5.92. The summed E-state index contributed by atoms with van der Waals surface area (Å²) in [5, 5.41) is 13.1. The summed E-state index contributed by atoms with van der Waals surface area (Å²) in [7, 11) is 1.48. The standard InChI is InChI=1S/C22H18N2O5/c1-28-20-12-15(14-23-24-18-9-5-8-17(13-18)21(25)26)10-11-19(20)29-22(27)16-6-3-2-4-7-16/h2-14,24H,1H3,(H,25,26). The lowest BCUT2D eigenvalue weighted by Crippen LogP contribution is -2.09. The molecule has 0 unspecified atom stereocenters. The van der Waals surface area contributed by atoms with E-state index < -0.39 is 11.9 Å². The lowest BCUT2D eigenvalue weighted by molar-refractivity contribution is 0.0694. The third kappa shape index (κ3) is 5.20. The summed E-state index contributed by atoms with van der Waals surface area (Å²) in [6, 6.07) is 20.0. The second-order valence-electron chi connectivity index (χ2n) is 5.92. The van der Waals surface area contributed by atoms with Gasteiger partial charge in [-0.3, -0.25) is 5.43 Å². The first kappa shape index (κ1) is 19.6. The van der Waals surface area contributed by atoms with Crippen LogP contribution in [0, 0.1) is 0 Å². The first-order valence-electron chi connectivity index (χ1n) is 8.64. The van der Waals surface area contributed by atoms with Gasteiger partial charge in [-0.2, -0.15) is 5.10 Å². The van der Waals surface area contributed by atoms with Gasteiger partial charge in [0.2, 0.25) is 0 Å². The molecule has 146 valence electrons. The molecule has 0 saturated carbocycles. The summed E-state index contributed by atoms with van der Waals surface area (Å²) in [6.45, 7) is 0. The summed E-state index contributed by atoms with van der Waals surface area (Å²) >= 11 is 0. The number of methoxy groups -OCH3 is 1. The van der Waals surface area contributed by atoms with Crippen molar-refractivity contribution >= 4 is 23.8 Å². The molecule has 0 fully saturated rings. The van der Waals surface area contributed by atoms with E-state index in [9.17, 15) is 9.59 Å². The molecule has 3 aromatic rings. The third-order valence-electron chi connectivity index (χ3n) is 3.92. The summed E-state index contributed by atoms with van der Waals surface area (Å²) in [5.74, 6) is -0.819. The van der Waals surface area contributed by atoms with Crippen LogP contribution in [0.1, 0.15) is 26.3 Å². The van der Waals surface area contributed by atoms with Crippen LogP contribution in [0.3, 0.4) is 0 Å². The predicted octanol–water partition coefficient (Wildman–Crippen LogP) is 4.06. The van der Waals surface area contributed by atoms with Gasteiger partial charge in [0, 0.05) is 0 Å². The summed E-state index contributed by atoms with van der Waals surface area (Å²) in [6.07, 6.45) is 1.54. The molecule has 7 heteroatoms. The number of esters is 1. The quantitative estimate of drug-likeness (QED) is 0.273. The number of hydrazone groups is 1. The van der Waals surface area contributed by atoms with Gasteiger partial charge < -0.3 is 14.6 Å². The van der Waals surface area contributed by atoms with Gasteiger partial charge in [-0.05, 0) is 54.1 Å². The van der Waals surface area contributed by atoms with Crippen molar-refractivity contribution in [1.29, 1.82) is 0 Å². The highest BCUT2D eigenvalue weighted by atomic mass is 16.6. The fraction of sp³-hybridized carbons (Fsp3) is 0.0455. The molecule has 7 nitrogen and oxygen atoms in total. The molecule has 2 N–H and O–H groups in total. The van der Waals surface area contributed by atoms with Crippen molar-refractivity contribution in [3.63, 3.8) is 0 Å². The molecule has 0 aromatic heterocycles. The van der Waals surface area contributed by atoms with Crippen LogP contribution < -0.4 is 14.9 Å². The number of nitrogens with zero attached hydrogens (tertiary/aromatic N) is 1. The number of nitrogens with one attached hydrogen (secondary N) is 1. The third-order valence-corrected chi connectivity index (χ3v) is 3.92. The van der Waals surface area contributed by atoms with Crippen molar-refractivity contribution in [2.45, 2.75) is 0 Å². The number of anilines is 1. The number of carboxylic acids is 1. The molecule has 0 spiro atoms. The smallest absolute Gasteiger partial charge is 0.343 e. The van der Waals surface area contributed by atoms with Crippen LogP contribution in [-0.4, -0.2) is 30.4 Å². The molecule has 29 heavy (non-hydrogen) atoms. The van der Waals surface area contributed by atoms with Gasteiger partial charge in [0.15, 0.2) is 11.5 Å². The van der Waals surface area contributed by atoms with Crippen LogP contribution in [0.15, 0.2) is 77.9 Å². The van der Waals surface area contributed by atoms with E-state index >= 15 is 0 Å². The Morgan fingerprint density at radius 2 is 1.69 bits per heavy atom. The van der Waals surface area contributed by atoms with Crippen LogP contribution in [0.2, 0.25) is 0 Å². The number of benzene rings is 3. The van der Waals surface area contributed by atoms with E-state index in [4.69, 9.17) is 14.6 Å². The SMILES string of the molecule is COc1cc(C=NNc2cccc(C(=O)O)c2)ccc1OC(=O)c1ccccc1. The van der Waals surface area contributed by atoms with E-state index in [2.05, 4.69) is 10.5 Å². The zero-order valence-electron chi connectivity index (χ0n) is 15.5. The molecule has 0 atom stereocenters. The Balaban J connectivity index is 1.70. The molecule has 0 bridgehead atoms. The van der Waals surface area contributed by atoms with Crippen LogP contribution >= 0.6 is 0 Å². The molecule has 0 aliphatic heterocycles. The fourth-order valence-electron chi connectivity index (χ4n) is 2.48. The Morgan fingerprint density at radius 1 is 0.931 bits per heavy atom. The van der Waals surface area contributed by atoms with Crippen LogP contribution in [0.5, 0.6) is 11.5 Å². The number of carbonyl (C=O) groups excluding carboxylic acids is 1. The molecule has 0 aliphatic rings. The molecule has 0 saturated heterocycles. The highest BCUT2D eigenvalue weighted by molar-refractivity contribution is 5.91. The molecule has 0 radical (unpaired) electrons. The Hall–Kier alpha value is -4.13. The zero-order valence-corrected chi connectivity index (χ0v) is 15.5. The van der Waals surface area contributed by atoms with E-state index in [0.717, 1.165) is 0 Å². The van der Waals surface area contributed by atoms with Crippen molar-refractivity contribution in [3.05, 3.63) is 89.5 Å². The van der Waals surface area contributed by atoms with Crippen molar-refractivity contribution in [3.8, 4) is 11.5 Å². The number of hydrogen-bond acceptors (Lipinski definition) is 6. The average Bonchev–Trinajstić information content (AvgIpc) is 2.75. The fourth-order valence-corrected chi connectivity index (χ4v) is 2.48. The highest BCUT2D eigenvalue weighted by Gasteiger charge is 2.12.